The molecule has 0 saturated carbocycles. The smallest absolute Gasteiger partial charge is 0.182 e. The summed E-state index contributed by atoms with van der Waals surface area (Å²) in [6, 6.07) is 9.48. The molecule has 0 radical (unpaired) electrons. The van der Waals surface area contributed by atoms with Gasteiger partial charge in [-0.15, -0.1) is 0 Å². The first-order chi connectivity index (χ1) is 6.73. The van der Waals surface area contributed by atoms with Crippen LogP contribution < -0.4 is 11.5 Å². The molecule has 2 unspecified atom stereocenters. The molecule has 2 atom stereocenters. The van der Waals surface area contributed by atoms with Crippen molar-refractivity contribution in [2.75, 3.05) is 13.2 Å². The summed E-state index contributed by atoms with van der Waals surface area (Å²) >= 11 is 0. The van der Waals surface area contributed by atoms with Gasteiger partial charge in [0, 0.05) is 5.56 Å². The fourth-order valence-electron chi connectivity index (χ4n) is 1.54. The van der Waals surface area contributed by atoms with Gasteiger partial charge >= 0.3 is 0 Å². The van der Waals surface area contributed by atoms with Crippen LogP contribution in [0.4, 0.5) is 0 Å². The Balaban J connectivity index is 2.30. The molecule has 0 amide bonds. The van der Waals surface area contributed by atoms with Crippen LogP contribution in [0.5, 0.6) is 0 Å². The average molecular weight is 194 g/mol. The maximum Gasteiger partial charge on any atom is 0.182 e. The second-order valence-corrected chi connectivity index (χ2v) is 3.30. The number of benzene rings is 1. The van der Waals surface area contributed by atoms with E-state index in [1.165, 1.54) is 0 Å². The Hall–Kier alpha value is -0.940. The Bertz CT molecular complexity index is 304. The standard InChI is InChI=1S/C10H14N2O2/c11-9-10(12,14-7-6-13-9)8-4-2-1-3-5-8/h1-5,9H,6-7,11-12H2. The molecule has 0 bridgehead atoms. The summed E-state index contributed by atoms with van der Waals surface area (Å²) in [5, 5.41) is 0. The molecule has 1 aliphatic heterocycles. The summed E-state index contributed by atoms with van der Waals surface area (Å²) in [7, 11) is 0. The maximum absolute atomic E-state index is 6.05. The van der Waals surface area contributed by atoms with E-state index in [4.69, 9.17) is 20.9 Å². The lowest BCUT2D eigenvalue weighted by molar-refractivity contribution is -0.205. The molecule has 1 heterocycles. The molecule has 0 aliphatic carbocycles. The number of hydrogen-bond donors (Lipinski definition) is 2. The molecule has 1 aromatic rings. The van der Waals surface area contributed by atoms with Crippen LogP contribution in [0.25, 0.3) is 0 Å². The minimum absolute atomic E-state index is 0.471. The molecule has 4 heteroatoms. The van der Waals surface area contributed by atoms with Crippen LogP contribution in [0.3, 0.4) is 0 Å². The van der Waals surface area contributed by atoms with Crippen LogP contribution in [-0.2, 0) is 15.2 Å². The van der Waals surface area contributed by atoms with Crippen molar-refractivity contribution in [1.82, 2.24) is 0 Å². The number of nitrogens with two attached hydrogens (primary N) is 2. The predicted molar refractivity (Wildman–Crippen MR) is 52.2 cm³/mol. The lowest BCUT2D eigenvalue weighted by Crippen LogP contribution is -2.59. The summed E-state index contributed by atoms with van der Waals surface area (Å²) in [5.74, 6) is 0. The number of rotatable bonds is 1. The SMILES string of the molecule is NC1OCCOC1(N)c1ccccc1. The Labute approximate surface area is 82.8 Å². The summed E-state index contributed by atoms with van der Waals surface area (Å²) in [4.78, 5) is 0. The maximum atomic E-state index is 6.05. The van der Waals surface area contributed by atoms with Crippen molar-refractivity contribution in [3.8, 4) is 0 Å². The Morgan fingerprint density at radius 1 is 1.21 bits per heavy atom. The minimum Gasteiger partial charge on any atom is -0.356 e. The van der Waals surface area contributed by atoms with E-state index in [0.717, 1.165) is 5.56 Å². The highest BCUT2D eigenvalue weighted by atomic mass is 16.6. The third-order valence-corrected chi connectivity index (χ3v) is 2.37. The lowest BCUT2D eigenvalue weighted by Gasteiger charge is -2.38. The van der Waals surface area contributed by atoms with Gasteiger partial charge in [0.05, 0.1) is 13.2 Å². The zero-order chi connectivity index (χ0) is 10.0. The van der Waals surface area contributed by atoms with Gasteiger partial charge in [-0.1, -0.05) is 30.3 Å². The lowest BCUT2D eigenvalue weighted by atomic mass is 10.0. The van der Waals surface area contributed by atoms with E-state index >= 15 is 0 Å². The Morgan fingerprint density at radius 2 is 1.93 bits per heavy atom. The Morgan fingerprint density at radius 3 is 2.57 bits per heavy atom. The first kappa shape index (κ1) is 9.61. The van der Waals surface area contributed by atoms with Crippen LogP contribution in [0.1, 0.15) is 5.56 Å². The normalized spacial score (nSPS) is 32.9. The highest BCUT2D eigenvalue weighted by Gasteiger charge is 2.39. The van der Waals surface area contributed by atoms with Crippen LogP contribution >= 0.6 is 0 Å². The third kappa shape index (κ3) is 1.53. The highest BCUT2D eigenvalue weighted by molar-refractivity contribution is 5.22. The fraction of sp³-hybridized carbons (Fsp3) is 0.400. The van der Waals surface area contributed by atoms with Crippen molar-refractivity contribution in [1.29, 1.82) is 0 Å². The average Bonchev–Trinajstić information content (AvgIpc) is 2.24. The van der Waals surface area contributed by atoms with Crippen molar-refractivity contribution < 1.29 is 9.47 Å². The van der Waals surface area contributed by atoms with Gasteiger partial charge in [0.2, 0.25) is 0 Å². The molecular formula is C10H14N2O2. The van der Waals surface area contributed by atoms with Crippen LogP contribution in [0.15, 0.2) is 30.3 Å². The van der Waals surface area contributed by atoms with E-state index in [-0.39, 0.29) is 0 Å². The molecule has 1 fully saturated rings. The van der Waals surface area contributed by atoms with E-state index in [2.05, 4.69) is 0 Å². The monoisotopic (exact) mass is 194 g/mol. The van der Waals surface area contributed by atoms with E-state index in [0.29, 0.717) is 13.2 Å². The summed E-state index contributed by atoms with van der Waals surface area (Å²) in [6.45, 7) is 0.964. The predicted octanol–water partition coefficient (Wildman–Crippen LogP) is 0.130. The molecule has 4 nitrogen and oxygen atoms in total. The van der Waals surface area contributed by atoms with Gasteiger partial charge in [0.1, 0.15) is 0 Å². The topological polar surface area (TPSA) is 70.5 Å². The van der Waals surface area contributed by atoms with Gasteiger partial charge in [-0.25, -0.2) is 0 Å². The largest absolute Gasteiger partial charge is 0.356 e. The van der Waals surface area contributed by atoms with Crippen molar-refractivity contribution in [3.05, 3.63) is 35.9 Å². The van der Waals surface area contributed by atoms with E-state index in [1.807, 2.05) is 30.3 Å². The molecular weight excluding hydrogens is 180 g/mol. The number of ether oxygens (including phenoxy) is 2. The Kier molecular flexibility index (Phi) is 2.52. The summed E-state index contributed by atoms with van der Waals surface area (Å²) in [6.07, 6.45) is -0.612. The molecule has 2 rings (SSSR count). The van der Waals surface area contributed by atoms with E-state index in [1.54, 1.807) is 0 Å². The molecule has 1 aromatic carbocycles. The zero-order valence-corrected chi connectivity index (χ0v) is 7.85. The fourth-order valence-corrected chi connectivity index (χ4v) is 1.54. The van der Waals surface area contributed by atoms with Crippen LogP contribution in [0.2, 0.25) is 0 Å². The van der Waals surface area contributed by atoms with Crippen molar-refractivity contribution >= 4 is 0 Å². The molecule has 14 heavy (non-hydrogen) atoms. The second-order valence-electron chi connectivity index (χ2n) is 3.30. The summed E-state index contributed by atoms with van der Waals surface area (Å²) in [5.41, 5.74) is 11.7. The summed E-state index contributed by atoms with van der Waals surface area (Å²) < 4.78 is 10.8. The first-order valence-corrected chi connectivity index (χ1v) is 4.59. The molecule has 1 saturated heterocycles. The van der Waals surface area contributed by atoms with Crippen LogP contribution in [-0.4, -0.2) is 19.4 Å². The molecule has 4 N–H and O–H groups in total. The van der Waals surface area contributed by atoms with Gasteiger partial charge in [0.15, 0.2) is 12.0 Å². The second kappa shape index (κ2) is 3.67. The van der Waals surface area contributed by atoms with E-state index in [9.17, 15) is 0 Å². The van der Waals surface area contributed by atoms with Gasteiger partial charge in [-0.05, 0) is 0 Å². The first-order valence-electron chi connectivity index (χ1n) is 4.59. The van der Waals surface area contributed by atoms with Gasteiger partial charge in [-0.3, -0.25) is 5.73 Å². The molecule has 76 valence electrons. The van der Waals surface area contributed by atoms with Crippen molar-refractivity contribution in [2.45, 2.75) is 12.0 Å². The van der Waals surface area contributed by atoms with Crippen LogP contribution in [0, 0.1) is 0 Å². The quantitative estimate of drug-likeness (QED) is 0.666. The van der Waals surface area contributed by atoms with Gasteiger partial charge < -0.3 is 15.2 Å². The third-order valence-electron chi connectivity index (χ3n) is 2.37. The number of hydrogen-bond acceptors (Lipinski definition) is 4. The molecule has 0 spiro atoms. The zero-order valence-electron chi connectivity index (χ0n) is 7.85. The van der Waals surface area contributed by atoms with Gasteiger partial charge in [-0.2, -0.15) is 0 Å². The van der Waals surface area contributed by atoms with E-state index < -0.39 is 12.0 Å². The minimum atomic E-state index is -1.01. The highest BCUT2D eigenvalue weighted by Crippen LogP contribution is 2.25. The van der Waals surface area contributed by atoms with Gasteiger partial charge in [0.25, 0.3) is 0 Å². The van der Waals surface area contributed by atoms with Crippen molar-refractivity contribution in [2.24, 2.45) is 11.5 Å². The van der Waals surface area contributed by atoms with Crippen molar-refractivity contribution in [3.63, 3.8) is 0 Å². The molecule has 1 aliphatic rings. The molecule has 0 aromatic heterocycles.